The van der Waals surface area contributed by atoms with Crippen molar-refractivity contribution in [2.24, 2.45) is 21.8 Å². The predicted octanol–water partition coefficient (Wildman–Crippen LogP) is 9.05. The van der Waals surface area contributed by atoms with Crippen LogP contribution in [0.2, 0.25) is 0 Å². The maximum absolute atomic E-state index is 12.8. The van der Waals surface area contributed by atoms with E-state index < -0.39 is 12.6 Å². The van der Waals surface area contributed by atoms with Gasteiger partial charge in [0.25, 0.3) is 5.91 Å². The largest absolute Gasteiger partial charge is 0.462 e. The normalized spacial score (nSPS) is 15.7. The molecule has 12 nitrogen and oxygen atoms in total. The first-order valence-electron chi connectivity index (χ1n) is 20.2. The van der Waals surface area contributed by atoms with Crippen LogP contribution in [0.5, 0.6) is 0 Å². The van der Waals surface area contributed by atoms with Gasteiger partial charge in [0.1, 0.15) is 0 Å². The third-order valence-corrected chi connectivity index (χ3v) is 9.54. The first-order chi connectivity index (χ1) is 26.9. The number of aliphatic hydroxyl groups excluding tert-OH is 1. The quantitative estimate of drug-likeness (QED) is 0.0487. The first-order valence-corrected chi connectivity index (χ1v) is 20.2. The monoisotopic (exact) mass is 769 g/mol. The van der Waals surface area contributed by atoms with Crippen LogP contribution in [-0.2, 0) is 9.47 Å². The van der Waals surface area contributed by atoms with Crippen molar-refractivity contribution in [1.82, 2.24) is 10.6 Å². The van der Waals surface area contributed by atoms with Crippen molar-refractivity contribution in [3.8, 4) is 0 Å². The van der Waals surface area contributed by atoms with Crippen molar-refractivity contribution in [2.45, 2.75) is 118 Å². The maximum Gasteiger partial charge on any atom is 0.338 e. The van der Waals surface area contributed by atoms with Gasteiger partial charge >= 0.3 is 5.97 Å². The molecular weight excluding hydrogens is 707 g/mol. The molecule has 1 heterocycles. The van der Waals surface area contributed by atoms with E-state index in [4.69, 9.17) is 19.5 Å². The molecule has 56 heavy (non-hydrogen) atoms. The minimum atomic E-state index is -1.01. The third-order valence-electron chi connectivity index (χ3n) is 9.54. The maximum atomic E-state index is 12.8. The Labute approximate surface area is 333 Å². The highest BCUT2D eigenvalue weighted by molar-refractivity contribution is 6.11. The summed E-state index contributed by atoms with van der Waals surface area (Å²) in [5, 5.41) is 26.8. The molecule has 12 heteroatoms. The number of anilines is 3. The molecule has 0 spiro atoms. The van der Waals surface area contributed by atoms with Crippen molar-refractivity contribution in [1.29, 1.82) is 0 Å². The van der Waals surface area contributed by atoms with Gasteiger partial charge in [0.2, 0.25) is 18.2 Å². The van der Waals surface area contributed by atoms with Crippen molar-refractivity contribution >= 4 is 40.9 Å². The molecule has 1 aliphatic heterocycles. The number of guanidine groups is 2. The molecule has 3 aromatic rings. The molecule has 0 saturated heterocycles. The Morgan fingerprint density at radius 1 is 0.732 bits per heavy atom. The summed E-state index contributed by atoms with van der Waals surface area (Å²) in [7, 11) is 0. The van der Waals surface area contributed by atoms with Crippen molar-refractivity contribution in [3.63, 3.8) is 0 Å². The number of ether oxygens (including phenoxy) is 2. The summed E-state index contributed by atoms with van der Waals surface area (Å²) in [4.78, 5) is 35.0. The number of carbonyl (C=O) groups is 2. The number of hydrogen-bond acceptors (Lipinski definition) is 11. The zero-order valence-electron chi connectivity index (χ0n) is 34.3. The molecule has 0 aliphatic carbocycles. The van der Waals surface area contributed by atoms with Gasteiger partial charge in [-0.25, -0.2) is 14.8 Å². The van der Waals surface area contributed by atoms with Crippen molar-refractivity contribution in [3.05, 3.63) is 89.5 Å². The zero-order valence-corrected chi connectivity index (χ0v) is 34.3. The summed E-state index contributed by atoms with van der Waals surface area (Å²) in [6.45, 7) is 15.4. The van der Waals surface area contributed by atoms with Crippen LogP contribution in [0.4, 0.5) is 17.1 Å². The molecule has 4 rings (SSSR count). The first kappa shape index (κ1) is 43.8. The van der Waals surface area contributed by atoms with E-state index in [2.05, 4.69) is 54.3 Å². The number of unbranched alkanes of at least 4 members (excludes halogenated alkanes) is 2. The summed E-state index contributed by atoms with van der Waals surface area (Å²) in [5.74, 6) is 1.11. The number of carbonyl (C=O) groups excluding carboxylic acids is 2. The lowest BCUT2D eigenvalue weighted by Gasteiger charge is -2.24. The van der Waals surface area contributed by atoms with Crippen LogP contribution >= 0.6 is 0 Å². The topological polar surface area (TPSA) is 158 Å². The molecule has 0 aromatic heterocycles. The molecule has 0 saturated carbocycles. The van der Waals surface area contributed by atoms with Gasteiger partial charge in [-0.05, 0) is 106 Å². The Balaban J connectivity index is 1.46. The van der Waals surface area contributed by atoms with Gasteiger partial charge in [-0.1, -0.05) is 78.4 Å². The molecule has 4 unspecified atom stereocenters. The lowest BCUT2D eigenvalue weighted by Crippen LogP contribution is -2.45. The number of amides is 1. The fourth-order valence-corrected chi connectivity index (χ4v) is 6.01. The van der Waals surface area contributed by atoms with Crippen LogP contribution in [0.1, 0.15) is 132 Å². The van der Waals surface area contributed by atoms with Crippen LogP contribution in [0, 0.1) is 11.8 Å². The lowest BCUT2D eigenvalue weighted by molar-refractivity contribution is -0.114. The molecular formula is C44H63N7O5. The highest BCUT2D eigenvalue weighted by atomic mass is 16.6. The highest BCUT2D eigenvalue weighted by Crippen LogP contribution is 2.22. The van der Waals surface area contributed by atoms with Gasteiger partial charge in [-0.15, -0.1) is 0 Å². The summed E-state index contributed by atoms with van der Waals surface area (Å²) in [6.07, 6.45) is 6.92. The lowest BCUT2D eigenvalue weighted by atomic mass is 10.0. The summed E-state index contributed by atoms with van der Waals surface area (Å²) < 4.78 is 11.5. The van der Waals surface area contributed by atoms with E-state index in [1.165, 1.54) is 0 Å². The van der Waals surface area contributed by atoms with Crippen LogP contribution < -0.4 is 26.6 Å². The number of aliphatic imine (C=N–C) groups is 2. The van der Waals surface area contributed by atoms with Gasteiger partial charge in [-0.3, -0.25) is 10.1 Å². The van der Waals surface area contributed by atoms with Gasteiger partial charge in [0, 0.05) is 33.7 Å². The minimum absolute atomic E-state index is 0.154. The van der Waals surface area contributed by atoms with Crippen molar-refractivity contribution in [2.75, 3.05) is 29.2 Å². The molecule has 1 amide bonds. The van der Waals surface area contributed by atoms with Crippen molar-refractivity contribution < 1.29 is 24.2 Å². The van der Waals surface area contributed by atoms with E-state index in [-0.39, 0.29) is 17.4 Å². The minimum Gasteiger partial charge on any atom is -0.462 e. The summed E-state index contributed by atoms with van der Waals surface area (Å²) in [5.41, 5.74) is 3.49. The van der Waals surface area contributed by atoms with Gasteiger partial charge in [-0.2, -0.15) is 0 Å². The number of aliphatic hydroxyl groups is 1. The molecule has 6 N–H and O–H groups in total. The SMILES string of the molecule is CCCCC(CC)COC(=O)c1ccc(NC2=NC(Nc3ccc(C(O)OCC(CC)CCCC)cc3)N=C(Nc3ccc(C(=O)NC(C)(C)C)cc3)N2)cc1. The molecule has 0 fully saturated rings. The Bertz CT molecular complexity index is 1720. The number of rotatable bonds is 20. The number of nitrogens with zero attached hydrogens (tertiary/aromatic N) is 2. The smallest absolute Gasteiger partial charge is 0.338 e. The molecule has 0 bridgehead atoms. The second kappa shape index (κ2) is 22.0. The Hall–Kier alpha value is -4.94. The zero-order chi connectivity index (χ0) is 40.5. The van der Waals surface area contributed by atoms with E-state index in [9.17, 15) is 14.7 Å². The van der Waals surface area contributed by atoms with Gasteiger partial charge < -0.3 is 35.8 Å². The standard InChI is InChI=1S/C44H63N7O5/c1-8-12-14-30(10-3)28-55-39(53)33-18-24-36(25-19-33)46-42-48-41(45-35-22-16-32(17-23-35)38(52)51-44(5,6)7)49-43(50-42)47-37-26-20-34(21-27-37)40(54)56-29-31(11-4)15-13-9-2/h16-27,30-31,39,42,46,53H,8-15,28-29H2,1-7H3,(H,51,52)(H3,45,47,48,49,50). The molecule has 0 radical (unpaired) electrons. The number of esters is 1. The second-order valence-electron chi connectivity index (χ2n) is 15.4. The van der Waals surface area contributed by atoms with Crippen LogP contribution in [0.3, 0.4) is 0 Å². The van der Waals surface area contributed by atoms with Gasteiger partial charge in [0.05, 0.1) is 18.8 Å². The third kappa shape index (κ3) is 14.6. The Morgan fingerprint density at radius 3 is 1.73 bits per heavy atom. The fraction of sp³-hybridized carbons (Fsp3) is 0.500. The summed E-state index contributed by atoms with van der Waals surface area (Å²) in [6, 6.07) is 21.6. The average molecular weight is 770 g/mol. The Kier molecular flexibility index (Phi) is 17.2. The molecule has 3 aromatic carbocycles. The van der Waals surface area contributed by atoms with Crippen LogP contribution in [0.15, 0.2) is 82.8 Å². The van der Waals surface area contributed by atoms with E-state index in [0.717, 1.165) is 57.1 Å². The summed E-state index contributed by atoms with van der Waals surface area (Å²) >= 11 is 0. The van der Waals surface area contributed by atoms with E-state index in [1.807, 2.05) is 57.2 Å². The average Bonchev–Trinajstić information content (AvgIpc) is 3.18. The predicted molar refractivity (Wildman–Crippen MR) is 227 cm³/mol. The van der Waals surface area contributed by atoms with Crippen LogP contribution in [-0.4, -0.2) is 53.9 Å². The van der Waals surface area contributed by atoms with E-state index in [0.29, 0.717) is 65.0 Å². The number of nitrogens with one attached hydrogen (secondary N) is 5. The molecule has 4 atom stereocenters. The van der Waals surface area contributed by atoms with Gasteiger partial charge in [0.15, 0.2) is 6.29 Å². The molecule has 304 valence electrons. The highest BCUT2D eigenvalue weighted by Gasteiger charge is 2.20. The van der Waals surface area contributed by atoms with Crippen LogP contribution in [0.25, 0.3) is 0 Å². The molecule has 1 aliphatic rings. The second-order valence-corrected chi connectivity index (χ2v) is 15.4. The Morgan fingerprint density at radius 2 is 1.23 bits per heavy atom. The fourth-order valence-electron chi connectivity index (χ4n) is 6.01. The number of benzene rings is 3. The van der Waals surface area contributed by atoms with E-state index in [1.54, 1.807) is 36.4 Å². The number of hydrogen-bond donors (Lipinski definition) is 6. The van der Waals surface area contributed by atoms with E-state index >= 15 is 0 Å².